The molecule has 3 heterocycles. The van der Waals surface area contributed by atoms with Crippen molar-refractivity contribution in [1.29, 1.82) is 0 Å². The fourth-order valence-electron chi connectivity index (χ4n) is 3.38. The van der Waals surface area contributed by atoms with Crippen molar-refractivity contribution < 1.29 is 9.32 Å². The molecule has 0 aliphatic rings. The zero-order valence-corrected chi connectivity index (χ0v) is 15.6. The maximum absolute atomic E-state index is 12.9. The summed E-state index contributed by atoms with van der Waals surface area (Å²) in [6.45, 7) is 1.88. The van der Waals surface area contributed by atoms with Crippen molar-refractivity contribution in [2.24, 2.45) is 0 Å². The molecule has 0 aliphatic carbocycles. The van der Waals surface area contributed by atoms with Crippen LogP contribution in [0.25, 0.3) is 27.9 Å². The van der Waals surface area contributed by atoms with Crippen molar-refractivity contribution in [3.05, 3.63) is 84.3 Å². The molecule has 2 aromatic carbocycles. The molecule has 29 heavy (non-hydrogen) atoms. The van der Waals surface area contributed by atoms with Gasteiger partial charge < -0.3 is 9.84 Å². The third-order valence-electron chi connectivity index (χ3n) is 4.85. The van der Waals surface area contributed by atoms with E-state index >= 15 is 0 Å². The largest absolute Gasteiger partial charge is 0.355 e. The Labute approximate surface area is 166 Å². The number of pyridine rings is 1. The van der Waals surface area contributed by atoms with Crippen molar-refractivity contribution in [2.45, 2.75) is 13.0 Å². The molecule has 0 spiro atoms. The maximum atomic E-state index is 12.9. The second kappa shape index (κ2) is 6.87. The molecule has 1 N–H and O–H groups in total. The molecular formula is C22H17N5O2. The molecule has 142 valence electrons. The summed E-state index contributed by atoms with van der Waals surface area (Å²) in [5.74, 6) is 1.11. The number of fused-ring (bicyclic) bond motifs is 2. The Morgan fingerprint density at radius 2 is 1.86 bits per heavy atom. The Morgan fingerprint density at radius 1 is 1.03 bits per heavy atom. The lowest BCUT2D eigenvalue weighted by Crippen LogP contribution is -2.28. The quantitative estimate of drug-likeness (QED) is 0.506. The summed E-state index contributed by atoms with van der Waals surface area (Å²) >= 11 is 0. The summed E-state index contributed by atoms with van der Waals surface area (Å²) in [4.78, 5) is 12.9. The van der Waals surface area contributed by atoms with Gasteiger partial charge in [0.15, 0.2) is 17.2 Å². The SMILES string of the molecule is CC(NC(=O)c1ccc2noc(-c3ccccc3)c2c1)c1nnc2ccccn12. The van der Waals surface area contributed by atoms with Gasteiger partial charge in [-0.1, -0.05) is 41.6 Å². The van der Waals surface area contributed by atoms with E-state index in [1.165, 1.54) is 0 Å². The lowest BCUT2D eigenvalue weighted by molar-refractivity contribution is 0.0938. The van der Waals surface area contributed by atoms with Crippen molar-refractivity contribution in [3.63, 3.8) is 0 Å². The van der Waals surface area contributed by atoms with E-state index in [1.54, 1.807) is 18.2 Å². The van der Waals surface area contributed by atoms with Gasteiger partial charge in [0.05, 0.1) is 11.4 Å². The summed E-state index contributed by atoms with van der Waals surface area (Å²) in [5, 5.41) is 16.2. The molecule has 5 aromatic rings. The number of nitrogens with one attached hydrogen (secondary N) is 1. The van der Waals surface area contributed by atoms with Gasteiger partial charge in [-0.2, -0.15) is 0 Å². The molecule has 0 saturated carbocycles. The van der Waals surface area contributed by atoms with Gasteiger partial charge in [-0.15, -0.1) is 10.2 Å². The normalized spacial score (nSPS) is 12.3. The van der Waals surface area contributed by atoms with Crippen LogP contribution in [0.4, 0.5) is 0 Å². The molecular weight excluding hydrogens is 366 g/mol. The second-order valence-electron chi connectivity index (χ2n) is 6.79. The lowest BCUT2D eigenvalue weighted by Gasteiger charge is -2.12. The highest BCUT2D eigenvalue weighted by atomic mass is 16.5. The van der Waals surface area contributed by atoms with Crippen LogP contribution >= 0.6 is 0 Å². The number of aromatic nitrogens is 4. The average Bonchev–Trinajstić information content (AvgIpc) is 3.38. The van der Waals surface area contributed by atoms with Crippen LogP contribution in [0, 0.1) is 0 Å². The molecule has 0 radical (unpaired) electrons. The highest BCUT2D eigenvalue weighted by Gasteiger charge is 2.18. The summed E-state index contributed by atoms with van der Waals surface area (Å²) in [7, 11) is 0. The number of rotatable bonds is 4. The van der Waals surface area contributed by atoms with E-state index in [0.29, 0.717) is 22.7 Å². The van der Waals surface area contributed by atoms with E-state index in [2.05, 4.69) is 20.7 Å². The van der Waals surface area contributed by atoms with Crippen LogP contribution in [0.3, 0.4) is 0 Å². The molecule has 5 rings (SSSR count). The molecule has 0 bridgehead atoms. The van der Waals surface area contributed by atoms with E-state index in [9.17, 15) is 4.79 Å². The Balaban J connectivity index is 1.45. The Bertz CT molecular complexity index is 1320. The number of benzene rings is 2. The van der Waals surface area contributed by atoms with Crippen LogP contribution in [0.5, 0.6) is 0 Å². The van der Waals surface area contributed by atoms with Gasteiger partial charge in [0, 0.05) is 17.3 Å². The molecule has 1 amide bonds. The predicted molar refractivity (Wildman–Crippen MR) is 108 cm³/mol. The number of carbonyl (C=O) groups excluding carboxylic acids is 1. The summed E-state index contributed by atoms with van der Waals surface area (Å²) < 4.78 is 7.38. The molecule has 3 aromatic heterocycles. The number of hydrogen-bond donors (Lipinski definition) is 1. The van der Waals surface area contributed by atoms with Crippen LogP contribution in [0.1, 0.15) is 29.1 Å². The first-order chi connectivity index (χ1) is 14.2. The number of nitrogens with zero attached hydrogens (tertiary/aromatic N) is 4. The number of carbonyl (C=O) groups is 1. The minimum absolute atomic E-state index is 0.202. The summed E-state index contributed by atoms with van der Waals surface area (Å²) in [6.07, 6.45) is 1.88. The third-order valence-corrected chi connectivity index (χ3v) is 4.85. The molecule has 0 aliphatic heterocycles. The minimum Gasteiger partial charge on any atom is -0.355 e. The summed E-state index contributed by atoms with van der Waals surface area (Å²) in [5.41, 5.74) is 2.88. The van der Waals surface area contributed by atoms with Crippen molar-refractivity contribution in [2.75, 3.05) is 0 Å². The number of amides is 1. The molecule has 1 atom stereocenters. The van der Waals surface area contributed by atoms with Gasteiger partial charge in [-0.05, 0) is 37.3 Å². The Hall–Kier alpha value is -4.00. The highest BCUT2D eigenvalue weighted by molar-refractivity contribution is 6.01. The highest BCUT2D eigenvalue weighted by Crippen LogP contribution is 2.29. The fraction of sp³-hybridized carbons (Fsp3) is 0.0909. The van der Waals surface area contributed by atoms with E-state index in [1.807, 2.05) is 66.1 Å². The van der Waals surface area contributed by atoms with E-state index in [-0.39, 0.29) is 11.9 Å². The minimum atomic E-state index is -0.313. The van der Waals surface area contributed by atoms with E-state index in [0.717, 1.165) is 16.6 Å². The first kappa shape index (κ1) is 17.1. The monoisotopic (exact) mass is 383 g/mol. The molecule has 7 nitrogen and oxygen atoms in total. The van der Waals surface area contributed by atoms with Crippen LogP contribution in [0.2, 0.25) is 0 Å². The second-order valence-corrected chi connectivity index (χ2v) is 6.79. The zero-order valence-electron chi connectivity index (χ0n) is 15.6. The van der Waals surface area contributed by atoms with Crippen molar-refractivity contribution >= 4 is 22.5 Å². The smallest absolute Gasteiger partial charge is 0.251 e. The van der Waals surface area contributed by atoms with Gasteiger partial charge in [0.2, 0.25) is 0 Å². The average molecular weight is 383 g/mol. The van der Waals surface area contributed by atoms with Crippen LogP contribution in [0.15, 0.2) is 77.4 Å². The zero-order chi connectivity index (χ0) is 19.8. The van der Waals surface area contributed by atoms with Gasteiger partial charge in [0.25, 0.3) is 5.91 Å². The fourth-order valence-corrected chi connectivity index (χ4v) is 3.38. The predicted octanol–water partition coefficient (Wildman–Crippen LogP) is 4.03. The van der Waals surface area contributed by atoms with E-state index < -0.39 is 0 Å². The standard InChI is InChI=1S/C22H17N5O2/c1-14(21-25-24-19-9-5-6-12-27(19)21)23-22(28)16-10-11-18-17(13-16)20(29-26-18)15-7-3-2-4-8-15/h2-14H,1H3,(H,23,28). The molecule has 0 fully saturated rings. The van der Waals surface area contributed by atoms with Gasteiger partial charge >= 0.3 is 0 Å². The van der Waals surface area contributed by atoms with Crippen molar-refractivity contribution in [3.8, 4) is 11.3 Å². The maximum Gasteiger partial charge on any atom is 0.251 e. The summed E-state index contributed by atoms with van der Waals surface area (Å²) in [6, 6.07) is 20.4. The molecule has 7 heteroatoms. The molecule has 0 saturated heterocycles. The van der Waals surface area contributed by atoms with Crippen LogP contribution < -0.4 is 5.32 Å². The number of hydrogen-bond acceptors (Lipinski definition) is 5. The molecule has 1 unspecified atom stereocenters. The van der Waals surface area contributed by atoms with Crippen LogP contribution in [-0.2, 0) is 0 Å². The topological polar surface area (TPSA) is 85.3 Å². The van der Waals surface area contributed by atoms with Gasteiger partial charge in [-0.25, -0.2) is 0 Å². The first-order valence-corrected chi connectivity index (χ1v) is 9.26. The van der Waals surface area contributed by atoms with Gasteiger partial charge in [0.1, 0.15) is 5.52 Å². The van der Waals surface area contributed by atoms with Crippen LogP contribution in [-0.4, -0.2) is 25.7 Å². The van der Waals surface area contributed by atoms with E-state index in [4.69, 9.17) is 4.52 Å². The van der Waals surface area contributed by atoms with Gasteiger partial charge in [-0.3, -0.25) is 9.20 Å². The Kier molecular flexibility index (Phi) is 4.05. The van der Waals surface area contributed by atoms with Crippen molar-refractivity contribution in [1.82, 2.24) is 25.1 Å². The Morgan fingerprint density at radius 3 is 2.72 bits per heavy atom. The third kappa shape index (κ3) is 3.02. The first-order valence-electron chi connectivity index (χ1n) is 9.26. The lowest BCUT2D eigenvalue weighted by atomic mass is 10.1.